The van der Waals surface area contributed by atoms with Crippen molar-refractivity contribution in [3.8, 4) is 11.4 Å². The summed E-state index contributed by atoms with van der Waals surface area (Å²) in [5.41, 5.74) is 1.17. The van der Waals surface area contributed by atoms with Crippen LogP contribution in [-0.4, -0.2) is 37.6 Å². The molecule has 0 spiro atoms. The van der Waals surface area contributed by atoms with Crippen LogP contribution in [0.15, 0.2) is 29.3 Å². The SMILES string of the molecule is COC(=O)Cc1c(C)nc2nc(-c3ccncc3)[nH]n2c1=O. The van der Waals surface area contributed by atoms with E-state index in [2.05, 4.69) is 24.8 Å². The molecule has 0 aliphatic heterocycles. The van der Waals surface area contributed by atoms with Crippen molar-refractivity contribution in [3.05, 3.63) is 46.1 Å². The number of methoxy groups -OCH3 is 1. The minimum atomic E-state index is -0.490. The number of esters is 1. The van der Waals surface area contributed by atoms with Crippen LogP contribution in [-0.2, 0) is 16.0 Å². The molecule has 0 saturated carbocycles. The van der Waals surface area contributed by atoms with Crippen molar-refractivity contribution in [2.75, 3.05) is 7.11 Å². The van der Waals surface area contributed by atoms with E-state index >= 15 is 0 Å². The number of fused-ring (bicyclic) bond motifs is 1. The highest BCUT2D eigenvalue weighted by Crippen LogP contribution is 2.14. The highest BCUT2D eigenvalue weighted by molar-refractivity contribution is 5.72. The van der Waals surface area contributed by atoms with E-state index in [-0.39, 0.29) is 23.3 Å². The molecule has 1 N–H and O–H groups in total. The number of aromatic nitrogens is 5. The van der Waals surface area contributed by atoms with Gasteiger partial charge in [0.05, 0.1) is 24.8 Å². The Morgan fingerprint density at radius 3 is 2.73 bits per heavy atom. The molecule has 0 amide bonds. The monoisotopic (exact) mass is 299 g/mol. The van der Waals surface area contributed by atoms with E-state index in [0.29, 0.717) is 11.5 Å². The Morgan fingerprint density at radius 1 is 1.32 bits per heavy atom. The molecule has 0 aliphatic carbocycles. The summed E-state index contributed by atoms with van der Waals surface area (Å²) in [5, 5.41) is 2.89. The number of nitrogens with one attached hydrogen (secondary N) is 1. The van der Waals surface area contributed by atoms with Crippen LogP contribution in [0.4, 0.5) is 0 Å². The first kappa shape index (κ1) is 13.9. The van der Waals surface area contributed by atoms with Crippen LogP contribution in [0.1, 0.15) is 11.3 Å². The first-order valence-electron chi connectivity index (χ1n) is 6.55. The van der Waals surface area contributed by atoms with E-state index in [0.717, 1.165) is 5.56 Å². The van der Waals surface area contributed by atoms with Crippen LogP contribution in [0.3, 0.4) is 0 Å². The quantitative estimate of drug-likeness (QED) is 0.707. The normalized spacial score (nSPS) is 10.8. The summed E-state index contributed by atoms with van der Waals surface area (Å²) in [6.45, 7) is 1.67. The largest absolute Gasteiger partial charge is 0.469 e. The summed E-state index contributed by atoms with van der Waals surface area (Å²) in [4.78, 5) is 36.4. The van der Waals surface area contributed by atoms with E-state index < -0.39 is 5.97 Å². The summed E-state index contributed by atoms with van der Waals surface area (Å²) in [6, 6.07) is 3.54. The Balaban J connectivity index is 2.15. The van der Waals surface area contributed by atoms with Gasteiger partial charge in [-0.25, -0.2) is 4.98 Å². The Labute approximate surface area is 124 Å². The van der Waals surface area contributed by atoms with Gasteiger partial charge in [-0.2, -0.15) is 9.50 Å². The van der Waals surface area contributed by atoms with Crippen molar-refractivity contribution in [2.24, 2.45) is 0 Å². The molecule has 3 heterocycles. The van der Waals surface area contributed by atoms with E-state index in [9.17, 15) is 9.59 Å². The van der Waals surface area contributed by atoms with Crippen LogP contribution in [0.2, 0.25) is 0 Å². The first-order chi connectivity index (χ1) is 10.6. The van der Waals surface area contributed by atoms with Gasteiger partial charge in [-0.1, -0.05) is 0 Å². The van der Waals surface area contributed by atoms with Crippen molar-refractivity contribution < 1.29 is 9.53 Å². The van der Waals surface area contributed by atoms with Gasteiger partial charge in [0.15, 0.2) is 5.82 Å². The Bertz CT molecular complexity index is 898. The molecular formula is C14H13N5O3. The molecule has 0 bridgehead atoms. The molecular weight excluding hydrogens is 286 g/mol. The molecule has 0 aromatic carbocycles. The van der Waals surface area contributed by atoms with Gasteiger partial charge in [0, 0.05) is 18.0 Å². The fourth-order valence-corrected chi connectivity index (χ4v) is 2.11. The van der Waals surface area contributed by atoms with Crippen molar-refractivity contribution in [3.63, 3.8) is 0 Å². The zero-order chi connectivity index (χ0) is 15.7. The summed E-state index contributed by atoms with van der Waals surface area (Å²) in [6.07, 6.45) is 3.14. The highest BCUT2D eigenvalue weighted by atomic mass is 16.5. The number of hydrogen-bond acceptors (Lipinski definition) is 6. The topological polar surface area (TPSA) is 102 Å². The van der Waals surface area contributed by atoms with Crippen molar-refractivity contribution in [1.29, 1.82) is 0 Å². The summed E-state index contributed by atoms with van der Waals surface area (Å²) < 4.78 is 5.83. The summed E-state index contributed by atoms with van der Waals surface area (Å²) in [7, 11) is 1.28. The summed E-state index contributed by atoms with van der Waals surface area (Å²) in [5.74, 6) is 0.264. The van der Waals surface area contributed by atoms with Crippen LogP contribution >= 0.6 is 0 Å². The third kappa shape index (κ3) is 2.34. The second kappa shape index (κ2) is 5.40. The number of aromatic amines is 1. The lowest BCUT2D eigenvalue weighted by Crippen LogP contribution is -2.24. The maximum Gasteiger partial charge on any atom is 0.310 e. The number of hydrogen-bond donors (Lipinski definition) is 1. The average molecular weight is 299 g/mol. The Kier molecular flexibility index (Phi) is 3.42. The maximum absolute atomic E-state index is 12.5. The molecule has 22 heavy (non-hydrogen) atoms. The van der Waals surface area contributed by atoms with Crippen molar-refractivity contribution in [2.45, 2.75) is 13.3 Å². The molecule has 3 aromatic rings. The Hall–Kier alpha value is -3.03. The number of H-pyrrole nitrogens is 1. The number of rotatable bonds is 3. The van der Waals surface area contributed by atoms with Gasteiger partial charge in [-0.15, -0.1) is 0 Å². The number of nitrogens with zero attached hydrogens (tertiary/aromatic N) is 4. The molecule has 8 heteroatoms. The molecule has 0 saturated heterocycles. The minimum absolute atomic E-state index is 0.124. The van der Waals surface area contributed by atoms with Gasteiger partial charge < -0.3 is 4.74 Å². The second-order valence-corrected chi connectivity index (χ2v) is 4.68. The predicted molar refractivity (Wildman–Crippen MR) is 77.3 cm³/mol. The van der Waals surface area contributed by atoms with Crippen molar-refractivity contribution >= 4 is 11.7 Å². The minimum Gasteiger partial charge on any atom is -0.469 e. The molecule has 0 atom stereocenters. The van der Waals surface area contributed by atoms with Crippen LogP contribution in [0, 0.1) is 6.92 Å². The predicted octanol–water partition coefficient (Wildman–Crippen LogP) is 0.504. The lowest BCUT2D eigenvalue weighted by atomic mass is 10.2. The lowest BCUT2D eigenvalue weighted by molar-refractivity contribution is -0.139. The molecule has 3 aromatic heterocycles. The second-order valence-electron chi connectivity index (χ2n) is 4.68. The van der Waals surface area contributed by atoms with Crippen molar-refractivity contribution in [1.82, 2.24) is 24.6 Å². The Morgan fingerprint density at radius 2 is 2.05 bits per heavy atom. The van der Waals surface area contributed by atoms with Crippen LogP contribution in [0.25, 0.3) is 17.2 Å². The van der Waals surface area contributed by atoms with Gasteiger partial charge in [0.2, 0.25) is 0 Å². The zero-order valence-electron chi connectivity index (χ0n) is 12.0. The van der Waals surface area contributed by atoms with Gasteiger partial charge in [0.25, 0.3) is 11.3 Å². The number of pyridine rings is 1. The third-order valence-corrected chi connectivity index (χ3v) is 3.30. The third-order valence-electron chi connectivity index (χ3n) is 3.30. The van der Waals surface area contributed by atoms with Gasteiger partial charge in [-0.3, -0.25) is 19.7 Å². The molecule has 0 fully saturated rings. The van der Waals surface area contributed by atoms with Gasteiger partial charge in [0.1, 0.15) is 0 Å². The van der Waals surface area contributed by atoms with E-state index in [4.69, 9.17) is 0 Å². The number of carbonyl (C=O) groups excluding carboxylic acids is 1. The number of ether oxygens (including phenoxy) is 1. The fourth-order valence-electron chi connectivity index (χ4n) is 2.11. The molecule has 8 nitrogen and oxygen atoms in total. The smallest absolute Gasteiger partial charge is 0.310 e. The molecule has 0 radical (unpaired) electrons. The lowest BCUT2D eigenvalue weighted by Gasteiger charge is -2.03. The summed E-state index contributed by atoms with van der Waals surface area (Å²) >= 11 is 0. The highest BCUT2D eigenvalue weighted by Gasteiger charge is 2.16. The average Bonchev–Trinajstić information content (AvgIpc) is 2.96. The first-order valence-corrected chi connectivity index (χ1v) is 6.55. The number of aryl methyl sites for hydroxylation is 1. The standard InChI is InChI=1S/C14H13N5O3/c1-8-10(7-11(20)22-2)13(21)19-14(16-8)17-12(18-19)9-3-5-15-6-4-9/h3-6H,7H2,1-2H3,(H,16,17,18). The van der Waals surface area contributed by atoms with Crippen LogP contribution < -0.4 is 5.56 Å². The van der Waals surface area contributed by atoms with Crippen LogP contribution in [0.5, 0.6) is 0 Å². The van der Waals surface area contributed by atoms with E-state index in [1.54, 1.807) is 31.5 Å². The molecule has 112 valence electrons. The van der Waals surface area contributed by atoms with Gasteiger partial charge >= 0.3 is 5.97 Å². The molecule has 0 unspecified atom stereocenters. The fraction of sp³-hybridized carbons (Fsp3) is 0.214. The number of carbonyl (C=O) groups is 1. The maximum atomic E-state index is 12.5. The van der Waals surface area contributed by atoms with E-state index in [1.165, 1.54) is 11.6 Å². The zero-order valence-corrected chi connectivity index (χ0v) is 12.0. The van der Waals surface area contributed by atoms with Gasteiger partial charge in [-0.05, 0) is 19.1 Å². The molecule has 0 aliphatic rings. The molecule has 3 rings (SSSR count). The van der Waals surface area contributed by atoms with E-state index in [1.807, 2.05) is 0 Å².